The molecule has 35 heavy (non-hydrogen) atoms. The second-order valence-corrected chi connectivity index (χ2v) is 7.85. The molecule has 2 aromatic heterocycles. The lowest BCUT2D eigenvalue weighted by Gasteiger charge is -2.11. The number of nitrogens with one attached hydrogen (secondary N) is 1. The van der Waals surface area contributed by atoms with Gasteiger partial charge in [-0.1, -0.05) is 24.3 Å². The van der Waals surface area contributed by atoms with Crippen molar-refractivity contribution in [1.82, 2.24) is 15.0 Å². The molecule has 0 radical (unpaired) electrons. The van der Waals surface area contributed by atoms with Crippen LogP contribution < -0.4 is 10.2 Å². The quantitative estimate of drug-likeness (QED) is 0.235. The molecule has 0 aliphatic carbocycles. The fourth-order valence-corrected chi connectivity index (χ4v) is 3.84. The van der Waals surface area contributed by atoms with E-state index in [1.54, 1.807) is 37.5 Å². The van der Waals surface area contributed by atoms with E-state index in [0.29, 0.717) is 23.4 Å². The van der Waals surface area contributed by atoms with Crippen LogP contribution in [0.25, 0.3) is 16.6 Å². The first kappa shape index (κ1) is 23.7. The fourth-order valence-electron chi connectivity index (χ4n) is 3.84. The van der Waals surface area contributed by atoms with E-state index >= 15 is 0 Å². The normalized spacial score (nSPS) is 11.1. The minimum atomic E-state index is -0.384. The molecule has 0 spiro atoms. The van der Waals surface area contributed by atoms with Crippen LogP contribution in [0.15, 0.2) is 72.0 Å². The van der Waals surface area contributed by atoms with Gasteiger partial charge in [0, 0.05) is 34.2 Å². The van der Waals surface area contributed by atoms with Crippen molar-refractivity contribution in [3.8, 4) is 11.4 Å². The van der Waals surface area contributed by atoms with Gasteiger partial charge in [-0.2, -0.15) is 5.10 Å². The number of hydrogen-bond donors (Lipinski definition) is 1. The van der Waals surface area contributed by atoms with E-state index in [-0.39, 0.29) is 18.5 Å². The van der Waals surface area contributed by atoms with Crippen LogP contribution in [-0.4, -0.2) is 40.9 Å². The summed E-state index contributed by atoms with van der Waals surface area (Å²) >= 11 is 0. The monoisotopic (exact) mass is 470 g/mol. The Bertz CT molecular complexity index is 1400. The summed E-state index contributed by atoms with van der Waals surface area (Å²) in [6.07, 6.45) is 3.27. The first-order valence-corrected chi connectivity index (χ1v) is 11.2. The molecule has 0 unspecified atom stereocenters. The number of fused-ring (bicyclic) bond motifs is 1. The largest absolute Gasteiger partial charge is 0.481 e. The highest BCUT2D eigenvalue weighted by atomic mass is 16.5. The zero-order valence-corrected chi connectivity index (χ0v) is 19.8. The maximum absolute atomic E-state index is 12.3. The molecule has 0 bridgehead atoms. The second-order valence-electron chi connectivity index (χ2n) is 7.85. The maximum atomic E-state index is 12.3. The van der Waals surface area contributed by atoms with Crippen LogP contribution in [0.2, 0.25) is 0 Å². The lowest BCUT2D eigenvalue weighted by Crippen LogP contribution is -2.24. The van der Waals surface area contributed by atoms with E-state index in [4.69, 9.17) is 9.47 Å². The van der Waals surface area contributed by atoms with Crippen molar-refractivity contribution < 1.29 is 19.1 Å². The molecule has 1 N–H and O–H groups in total. The molecule has 2 heterocycles. The lowest BCUT2D eigenvalue weighted by atomic mass is 10.2. The topological polar surface area (TPSA) is 94.8 Å². The number of esters is 1. The Hall–Kier alpha value is -4.46. The van der Waals surface area contributed by atoms with Crippen LogP contribution in [0.1, 0.15) is 34.2 Å². The standard InChI is InChI=1S/C27H26N4O4/c1-4-34-27(33)21-9-5-11-23(15-21)31-18(2)14-22(19(31)3)16-29-30-25(32)17-35-24-12-6-8-20-10-7-13-28-26(20)24/h5-16H,4,17H2,1-3H3,(H,30,32)/b29-16-. The van der Waals surface area contributed by atoms with Gasteiger partial charge in [0.2, 0.25) is 0 Å². The zero-order valence-electron chi connectivity index (χ0n) is 19.8. The van der Waals surface area contributed by atoms with Crippen molar-refractivity contribution in [1.29, 1.82) is 0 Å². The summed E-state index contributed by atoms with van der Waals surface area (Å²) in [5.74, 6) is -0.205. The third kappa shape index (κ3) is 5.38. The van der Waals surface area contributed by atoms with E-state index < -0.39 is 0 Å². The van der Waals surface area contributed by atoms with Gasteiger partial charge in [0.1, 0.15) is 11.3 Å². The summed E-state index contributed by atoms with van der Waals surface area (Å²) in [5, 5.41) is 5.02. The number of hydrazone groups is 1. The molecule has 0 saturated carbocycles. The van der Waals surface area contributed by atoms with Gasteiger partial charge in [-0.15, -0.1) is 0 Å². The molecule has 1 amide bonds. The van der Waals surface area contributed by atoms with Crippen molar-refractivity contribution in [3.05, 3.63) is 89.4 Å². The molecule has 2 aromatic carbocycles. The smallest absolute Gasteiger partial charge is 0.338 e. The number of carbonyl (C=O) groups excluding carboxylic acids is 2. The van der Waals surface area contributed by atoms with Gasteiger partial charge in [-0.05, 0) is 57.2 Å². The second kappa shape index (κ2) is 10.6. The number of pyridine rings is 1. The van der Waals surface area contributed by atoms with Crippen molar-refractivity contribution in [2.24, 2.45) is 5.10 Å². The number of aromatic nitrogens is 2. The highest BCUT2D eigenvalue weighted by molar-refractivity contribution is 5.90. The van der Waals surface area contributed by atoms with Crippen LogP contribution >= 0.6 is 0 Å². The van der Waals surface area contributed by atoms with Gasteiger partial charge < -0.3 is 14.0 Å². The number of ether oxygens (including phenoxy) is 2. The summed E-state index contributed by atoms with van der Waals surface area (Å²) in [6.45, 7) is 5.82. The molecule has 0 saturated heterocycles. The molecule has 4 aromatic rings. The Balaban J connectivity index is 1.42. The number of hydrogen-bond acceptors (Lipinski definition) is 6. The Kier molecular flexibility index (Phi) is 7.21. The summed E-state index contributed by atoms with van der Waals surface area (Å²) in [4.78, 5) is 28.7. The first-order chi connectivity index (χ1) is 17.0. The summed E-state index contributed by atoms with van der Waals surface area (Å²) in [6, 6.07) is 18.6. The molecule has 178 valence electrons. The van der Waals surface area contributed by atoms with Crippen molar-refractivity contribution in [3.63, 3.8) is 0 Å². The molecular formula is C27H26N4O4. The Morgan fingerprint density at radius 2 is 1.89 bits per heavy atom. The van der Waals surface area contributed by atoms with E-state index in [1.165, 1.54) is 0 Å². The Morgan fingerprint density at radius 3 is 2.71 bits per heavy atom. The van der Waals surface area contributed by atoms with Gasteiger partial charge in [0.15, 0.2) is 6.61 Å². The number of carbonyl (C=O) groups is 2. The average Bonchev–Trinajstić information content (AvgIpc) is 3.15. The average molecular weight is 471 g/mol. The number of aryl methyl sites for hydroxylation is 1. The molecule has 4 rings (SSSR count). The number of benzene rings is 2. The third-order valence-electron chi connectivity index (χ3n) is 5.43. The molecule has 0 atom stereocenters. The molecule has 0 aliphatic heterocycles. The summed E-state index contributed by atoms with van der Waals surface area (Å²) < 4.78 is 12.8. The summed E-state index contributed by atoms with van der Waals surface area (Å²) in [5.41, 5.74) is 7.24. The van der Waals surface area contributed by atoms with Crippen LogP contribution in [0.3, 0.4) is 0 Å². The number of nitrogens with zero attached hydrogens (tertiary/aromatic N) is 3. The van der Waals surface area contributed by atoms with E-state index in [1.807, 2.05) is 60.9 Å². The predicted molar refractivity (Wildman–Crippen MR) is 134 cm³/mol. The number of amides is 1. The van der Waals surface area contributed by atoms with E-state index in [2.05, 4.69) is 15.5 Å². The highest BCUT2D eigenvalue weighted by Gasteiger charge is 2.13. The molecule has 0 aliphatic rings. The van der Waals surface area contributed by atoms with Crippen molar-refractivity contribution in [2.75, 3.05) is 13.2 Å². The highest BCUT2D eigenvalue weighted by Crippen LogP contribution is 2.23. The van der Waals surface area contributed by atoms with Gasteiger partial charge in [-0.25, -0.2) is 10.2 Å². The molecule has 8 heteroatoms. The molecule has 0 fully saturated rings. The van der Waals surface area contributed by atoms with Gasteiger partial charge in [-0.3, -0.25) is 9.78 Å². The SMILES string of the molecule is CCOC(=O)c1cccc(-n2c(C)cc(/C=N\NC(=O)COc3cccc4cccnc34)c2C)c1. The molecule has 8 nitrogen and oxygen atoms in total. The van der Waals surface area contributed by atoms with Gasteiger partial charge >= 0.3 is 5.97 Å². The third-order valence-corrected chi connectivity index (χ3v) is 5.43. The predicted octanol–water partition coefficient (Wildman–Crippen LogP) is 4.35. The van der Waals surface area contributed by atoms with Crippen LogP contribution in [-0.2, 0) is 9.53 Å². The maximum Gasteiger partial charge on any atom is 0.338 e. The minimum absolute atomic E-state index is 0.188. The van der Waals surface area contributed by atoms with E-state index in [9.17, 15) is 9.59 Å². The Morgan fingerprint density at radius 1 is 1.09 bits per heavy atom. The zero-order chi connectivity index (χ0) is 24.8. The lowest BCUT2D eigenvalue weighted by molar-refractivity contribution is -0.123. The Labute approximate surface area is 203 Å². The van der Waals surface area contributed by atoms with Gasteiger partial charge in [0.05, 0.1) is 18.4 Å². The fraction of sp³-hybridized carbons (Fsp3) is 0.185. The molecular weight excluding hydrogens is 444 g/mol. The van der Waals surface area contributed by atoms with Gasteiger partial charge in [0.25, 0.3) is 5.91 Å². The van der Waals surface area contributed by atoms with Crippen LogP contribution in [0, 0.1) is 13.8 Å². The van der Waals surface area contributed by atoms with Crippen molar-refractivity contribution >= 4 is 29.0 Å². The van der Waals surface area contributed by atoms with Crippen LogP contribution in [0.5, 0.6) is 5.75 Å². The minimum Gasteiger partial charge on any atom is -0.481 e. The number of rotatable bonds is 8. The van der Waals surface area contributed by atoms with Crippen LogP contribution in [0.4, 0.5) is 0 Å². The van der Waals surface area contributed by atoms with Crippen molar-refractivity contribution in [2.45, 2.75) is 20.8 Å². The summed E-state index contributed by atoms with van der Waals surface area (Å²) in [7, 11) is 0. The van der Waals surface area contributed by atoms with E-state index in [0.717, 1.165) is 28.0 Å². The number of para-hydroxylation sites is 1. The first-order valence-electron chi connectivity index (χ1n) is 11.2.